The molecule has 384 valence electrons. The van der Waals surface area contributed by atoms with Gasteiger partial charge in [0, 0.05) is 11.2 Å². The lowest BCUT2D eigenvalue weighted by Crippen LogP contribution is -2.70. The van der Waals surface area contributed by atoms with Crippen molar-refractivity contribution in [2.45, 2.75) is 103 Å². The highest BCUT2D eigenvalue weighted by atomic mass is 32.2. The lowest BCUT2D eigenvalue weighted by molar-refractivity contribution is 0.681. The van der Waals surface area contributed by atoms with Gasteiger partial charge in [-0.3, -0.25) is 9.97 Å². The van der Waals surface area contributed by atoms with Crippen molar-refractivity contribution in [1.82, 2.24) is 9.97 Å². The Morgan fingerprint density at radius 1 is 0.312 bits per heavy atom. The zero-order chi connectivity index (χ0) is 55.0. The average molecular weight is 1070 g/mol. The van der Waals surface area contributed by atoms with Crippen LogP contribution in [0.2, 0.25) is 0 Å². The van der Waals surface area contributed by atoms with Crippen LogP contribution in [0.1, 0.15) is 66.8 Å². The topological polar surface area (TPSA) is 66.4 Å². The van der Waals surface area contributed by atoms with E-state index in [-0.39, 0.29) is 26.9 Å². The number of nitrogens with zero attached hydrogens (tertiary/aromatic N) is 4. The van der Waals surface area contributed by atoms with Crippen molar-refractivity contribution in [3.05, 3.63) is 188 Å². The monoisotopic (exact) mass is 1070 g/mol. The first-order chi connectivity index (χ1) is 38.5. The van der Waals surface area contributed by atoms with Crippen molar-refractivity contribution >= 4 is 159 Å². The molecule has 6 aliphatic rings. The van der Waals surface area contributed by atoms with Crippen LogP contribution < -0.4 is 75.6 Å². The number of benzene rings is 8. The van der Waals surface area contributed by atoms with Gasteiger partial charge < -0.3 is 9.80 Å². The minimum Gasteiger partial charge on any atom is -0.308 e. The highest BCUT2D eigenvalue weighted by Crippen LogP contribution is 2.51. The summed E-state index contributed by atoms with van der Waals surface area (Å²) in [5, 5.41) is 0. The maximum Gasteiger partial charge on any atom is 0.270 e. The molecule has 6 nitrogen and oxygen atoms in total. The predicted molar refractivity (Wildman–Crippen MR) is 339 cm³/mol. The molecule has 0 spiro atoms. The molecule has 12 heteroatoms. The van der Waals surface area contributed by atoms with Crippen LogP contribution in [-0.2, 0) is 21.6 Å². The van der Waals surface area contributed by atoms with Gasteiger partial charge in [-0.2, -0.15) is 0 Å². The molecule has 0 saturated heterocycles. The second-order valence-corrected chi connectivity index (χ2v) is 27.0. The number of rotatable bonds is 4. The normalized spacial score (nSPS) is 16.2. The van der Waals surface area contributed by atoms with Gasteiger partial charge in [0.25, 0.3) is 13.4 Å². The van der Waals surface area contributed by atoms with Crippen LogP contribution in [0.25, 0.3) is 11.0 Å². The van der Waals surface area contributed by atoms with E-state index in [9.17, 15) is 0 Å². The molecule has 0 radical (unpaired) electrons. The van der Waals surface area contributed by atoms with Gasteiger partial charge in [-0.05, 0) is 140 Å². The SMILES string of the molecule is Cc1cc(C)c(B2c3cccc4c3N3c5c(cccc5S4=O)B(c4c(C)cc(C)cc4C)c4c3c2nc2c3c5c(nc42)B(c2c(C)cc(C)cc2C)c2cccc4c2N5c2c(cccc2S4=O)B3c2c(C)cc(C)cc2C)c(C)c1. The quantitative estimate of drug-likeness (QED) is 0.187. The molecular weight excluding hydrogens is 1010 g/mol. The Bertz CT molecular complexity index is 4260. The Labute approximate surface area is 475 Å². The van der Waals surface area contributed by atoms with Gasteiger partial charge in [0.2, 0.25) is 13.4 Å². The molecule has 8 aromatic carbocycles. The van der Waals surface area contributed by atoms with Crippen LogP contribution in [0.3, 0.4) is 0 Å². The van der Waals surface area contributed by atoms with Gasteiger partial charge in [0.15, 0.2) is 0 Å². The number of hydrogen-bond donors (Lipinski definition) is 0. The summed E-state index contributed by atoms with van der Waals surface area (Å²) in [6.07, 6.45) is 0. The summed E-state index contributed by atoms with van der Waals surface area (Å²) in [4.78, 5) is 21.2. The van der Waals surface area contributed by atoms with Crippen LogP contribution in [0.4, 0.5) is 34.1 Å². The van der Waals surface area contributed by atoms with E-state index >= 15 is 8.42 Å². The van der Waals surface area contributed by atoms with Gasteiger partial charge in [-0.15, -0.1) is 0 Å². The van der Waals surface area contributed by atoms with Crippen LogP contribution in [0, 0.1) is 83.1 Å². The van der Waals surface area contributed by atoms with Crippen molar-refractivity contribution in [2.75, 3.05) is 9.80 Å². The van der Waals surface area contributed by atoms with E-state index in [2.05, 4.69) is 214 Å². The molecule has 0 amide bonds. The zero-order valence-corrected chi connectivity index (χ0v) is 48.9. The molecule has 2 atom stereocenters. The maximum absolute atomic E-state index is 15.5. The minimum absolute atomic E-state index is 0.312. The van der Waals surface area contributed by atoms with Crippen LogP contribution in [-0.4, -0.2) is 45.2 Å². The lowest BCUT2D eigenvalue weighted by atomic mass is 9.29. The summed E-state index contributed by atoms with van der Waals surface area (Å²) in [5.74, 6) is 0. The van der Waals surface area contributed by atoms with Gasteiger partial charge in [-0.1, -0.05) is 186 Å². The Morgan fingerprint density at radius 3 is 0.812 bits per heavy atom. The molecular formula is C68H56B4N4O2S2. The van der Waals surface area contributed by atoms with Crippen molar-refractivity contribution in [1.29, 1.82) is 0 Å². The Hall–Kier alpha value is -7.52. The fourth-order valence-corrected chi connectivity index (χ4v) is 19.5. The molecule has 2 unspecified atom stereocenters. The van der Waals surface area contributed by atoms with Gasteiger partial charge >= 0.3 is 0 Å². The Morgan fingerprint density at radius 2 is 0.550 bits per heavy atom. The van der Waals surface area contributed by atoms with E-state index in [4.69, 9.17) is 9.97 Å². The third kappa shape index (κ3) is 6.08. The molecule has 0 saturated carbocycles. The van der Waals surface area contributed by atoms with Crippen molar-refractivity contribution in [2.24, 2.45) is 0 Å². The first kappa shape index (κ1) is 48.4. The number of pyridine rings is 2. The largest absolute Gasteiger partial charge is 0.308 e. The Balaban J connectivity index is 1.18. The van der Waals surface area contributed by atoms with E-state index in [0.717, 1.165) is 109 Å². The lowest BCUT2D eigenvalue weighted by Gasteiger charge is -2.49. The Kier molecular flexibility index (Phi) is 10.0. The number of fused-ring (bicyclic) bond motifs is 3. The van der Waals surface area contributed by atoms with Crippen LogP contribution in [0.5, 0.6) is 0 Å². The number of aromatic nitrogens is 2. The maximum atomic E-state index is 15.5. The smallest absolute Gasteiger partial charge is 0.270 e. The third-order valence-corrected chi connectivity index (χ3v) is 21.8. The highest BCUT2D eigenvalue weighted by molar-refractivity contribution is 7.86. The number of aryl methyl sites for hydroxylation is 12. The first-order valence-corrected chi connectivity index (χ1v) is 30.5. The van der Waals surface area contributed by atoms with Crippen molar-refractivity contribution in [3.8, 4) is 0 Å². The highest BCUT2D eigenvalue weighted by Gasteiger charge is 2.55. The second-order valence-electron chi connectivity index (χ2n) is 24.2. The zero-order valence-electron chi connectivity index (χ0n) is 47.3. The van der Waals surface area contributed by atoms with Gasteiger partial charge in [-0.25, -0.2) is 8.42 Å². The fourth-order valence-electron chi connectivity index (χ4n) is 16.7. The molecule has 0 fully saturated rings. The molecule has 6 aliphatic heterocycles. The van der Waals surface area contributed by atoms with Crippen LogP contribution >= 0.6 is 0 Å². The van der Waals surface area contributed by atoms with Gasteiger partial charge in [0.05, 0.1) is 86.3 Å². The van der Waals surface area contributed by atoms with E-state index in [0.29, 0.717) is 0 Å². The molecule has 8 heterocycles. The summed E-state index contributed by atoms with van der Waals surface area (Å²) in [7, 11) is -2.92. The first-order valence-electron chi connectivity index (χ1n) is 28.2. The third-order valence-electron chi connectivity index (χ3n) is 18.9. The molecule has 0 N–H and O–H groups in total. The molecule has 2 aromatic heterocycles. The summed E-state index contributed by atoms with van der Waals surface area (Å²) in [5.41, 5.74) is 36.1. The van der Waals surface area contributed by atoms with Crippen molar-refractivity contribution in [3.63, 3.8) is 0 Å². The fraction of sp³-hybridized carbons (Fsp3) is 0.176. The molecule has 10 aromatic rings. The molecule has 0 bridgehead atoms. The average Bonchev–Trinajstić information content (AvgIpc) is 2.34. The summed E-state index contributed by atoms with van der Waals surface area (Å²) in [6.45, 7) is 25.7. The standard InChI is InChI=1S/C68H56B4N4O2S2/c1-33-25-37(5)53(38(6)26-33)69-45-17-13-21-49-61(45)75-63-47(19-15-23-51(63)79(49)77)71(55-41(9)29-35(3)30-42(55)10)67-65(75)57(69)59-60(74-67)58-66-68(73-59)72(56-43(11)31-36(4)32-44(56)12)48-20-16-24-52-64(48)76(66)62-46(18-14-22-50(62)80(52)78)70(58)54-39(7)27-34(2)28-40(54)8/h13-32H,1-12H3. The van der Waals surface area contributed by atoms with Crippen molar-refractivity contribution < 1.29 is 8.42 Å². The van der Waals surface area contributed by atoms with E-state index in [1.165, 1.54) is 88.6 Å². The number of anilines is 6. The van der Waals surface area contributed by atoms with E-state index in [1.54, 1.807) is 0 Å². The number of hydrogen-bond acceptors (Lipinski definition) is 6. The van der Waals surface area contributed by atoms with Crippen LogP contribution in [0.15, 0.2) is 141 Å². The summed E-state index contributed by atoms with van der Waals surface area (Å²) in [6, 6.07) is 44.7. The molecule has 0 aliphatic carbocycles. The summed E-state index contributed by atoms with van der Waals surface area (Å²) >= 11 is 0. The second kappa shape index (κ2) is 16.5. The van der Waals surface area contributed by atoms with E-state index < -0.39 is 21.6 Å². The predicted octanol–water partition coefficient (Wildman–Crippen LogP) is 6.55. The minimum atomic E-state index is -1.46. The number of para-hydroxylation sites is 4. The van der Waals surface area contributed by atoms with Gasteiger partial charge in [0.1, 0.15) is 0 Å². The summed E-state index contributed by atoms with van der Waals surface area (Å²) < 4.78 is 31.1. The van der Waals surface area contributed by atoms with E-state index in [1.807, 2.05) is 0 Å². The molecule has 16 rings (SSSR count). The molecule has 80 heavy (non-hydrogen) atoms.